The first kappa shape index (κ1) is 13.6. The Morgan fingerprint density at radius 1 is 1.17 bits per heavy atom. The van der Waals surface area contributed by atoms with Crippen LogP contribution in [0.15, 0.2) is 24.3 Å². The predicted octanol–water partition coefficient (Wildman–Crippen LogP) is 2.96. The quantitative estimate of drug-likeness (QED) is 0.859. The molecule has 0 spiro atoms. The van der Waals surface area contributed by atoms with Gasteiger partial charge in [-0.1, -0.05) is 36.8 Å². The van der Waals surface area contributed by atoms with Gasteiger partial charge in [-0.2, -0.15) is 0 Å². The van der Waals surface area contributed by atoms with Crippen LogP contribution in [0.5, 0.6) is 0 Å². The second kappa shape index (κ2) is 6.91. The lowest BCUT2D eigenvalue weighted by molar-refractivity contribution is 0.197. The Balaban J connectivity index is 1.70. The van der Waals surface area contributed by atoms with Gasteiger partial charge in [-0.25, -0.2) is 0 Å². The first-order valence-electron chi connectivity index (χ1n) is 7.29. The van der Waals surface area contributed by atoms with Gasteiger partial charge >= 0.3 is 0 Å². The molecule has 0 amide bonds. The predicted molar refractivity (Wildman–Crippen MR) is 77.8 cm³/mol. The van der Waals surface area contributed by atoms with Crippen molar-refractivity contribution in [3.63, 3.8) is 0 Å². The van der Waals surface area contributed by atoms with Crippen LogP contribution in [0, 0.1) is 6.92 Å². The minimum atomic E-state index is 0.708. The highest BCUT2D eigenvalue weighted by atomic mass is 15.1. The smallest absolute Gasteiger partial charge is 0.0208 e. The van der Waals surface area contributed by atoms with Crippen LogP contribution in [0.25, 0.3) is 0 Å². The molecule has 0 bridgehead atoms. The van der Waals surface area contributed by atoms with Crippen LogP contribution in [0.3, 0.4) is 0 Å². The third-order valence-corrected chi connectivity index (χ3v) is 3.84. The van der Waals surface area contributed by atoms with Gasteiger partial charge in [0.15, 0.2) is 0 Å². The Kier molecular flexibility index (Phi) is 5.21. The molecule has 1 aromatic carbocycles. The lowest BCUT2D eigenvalue weighted by atomic mass is 10.0. The summed E-state index contributed by atoms with van der Waals surface area (Å²) in [7, 11) is 0. The molecule has 2 heteroatoms. The Morgan fingerprint density at radius 3 is 2.44 bits per heavy atom. The number of rotatable bonds is 5. The van der Waals surface area contributed by atoms with E-state index in [9.17, 15) is 0 Å². The van der Waals surface area contributed by atoms with Crippen LogP contribution in [0.4, 0.5) is 0 Å². The van der Waals surface area contributed by atoms with Crippen molar-refractivity contribution in [2.24, 2.45) is 0 Å². The molecule has 1 fully saturated rings. The van der Waals surface area contributed by atoms with Gasteiger partial charge in [0, 0.05) is 12.6 Å². The van der Waals surface area contributed by atoms with Crippen molar-refractivity contribution in [3.8, 4) is 0 Å². The Morgan fingerprint density at radius 2 is 1.83 bits per heavy atom. The van der Waals surface area contributed by atoms with E-state index in [0.717, 1.165) is 6.54 Å². The van der Waals surface area contributed by atoms with Crippen LogP contribution in [-0.4, -0.2) is 30.6 Å². The molecule has 100 valence electrons. The summed E-state index contributed by atoms with van der Waals surface area (Å²) < 4.78 is 0. The molecular formula is C16H26N2. The summed E-state index contributed by atoms with van der Waals surface area (Å²) in [5, 5.41) is 3.69. The summed E-state index contributed by atoms with van der Waals surface area (Å²) in [5.74, 6) is 0. The first-order chi connectivity index (χ1) is 8.78. The number of aryl methyl sites for hydroxylation is 1. The van der Waals surface area contributed by atoms with Gasteiger partial charge in [0.2, 0.25) is 0 Å². The zero-order valence-corrected chi connectivity index (χ0v) is 11.8. The van der Waals surface area contributed by atoms with Crippen molar-refractivity contribution in [2.75, 3.05) is 19.6 Å². The molecule has 1 aromatic rings. The summed E-state index contributed by atoms with van der Waals surface area (Å²) in [6, 6.07) is 9.56. The monoisotopic (exact) mass is 246 g/mol. The van der Waals surface area contributed by atoms with Crippen molar-refractivity contribution in [1.29, 1.82) is 0 Å². The number of hydrogen-bond acceptors (Lipinski definition) is 2. The molecule has 0 aliphatic carbocycles. The van der Waals surface area contributed by atoms with Crippen LogP contribution in [0.1, 0.15) is 37.3 Å². The second-order valence-corrected chi connectivity index (χ2v) is 5.48. The largest absolute Gasteiger partial charge is 0.310 e. The fourth-order valence-electron chi connectivity index (χ4n) is 2.65. The lowest BCUT2D eigenvalue weighted by Crippen LogP contribution is -2.42. The topological polar surface area (TPSA) is 15.3 Å². The summed E-state index contributed by atoms with van der Waals surface area (Å²) in [6.07, 6.45) is 3.87. The number of benzene rings is 1. The average Bonchev–Trinajstić information content (AvgIpc) is 2.40. The van der Waals surface area contributed by atoms with Crippen LogP contribution >= 0.6 is 0 Å². The molecule has 2 rings (SSSR count). The Bertz CT molecular complexity index is 337. The van der Waals surface area contributed by atoms with E-state index in [1.54, 1.807) is 0 Å². The highest BCUT2D eigenvalue weighted by Crippen LogP contribution is 2.11. The van der Waals surface area contributed by atoms with E-state index >= 15 is 0 Å². The van der Waals surface area contributed by atoms with E-state index in [0.29, 0.717) is 6.04 Å². The molecule has 0 saturated carbocycles. The number of hydrogen-bond donors (Lipinski definition) is 1. The maximum absolute atomic E-state index is 3.69. The van der Waals surface area contributed by atoms with Crippen molar-refractivity contribution < 1.29 is 0 Å². The van der Waals surface area contributed by atoms with Gasteiger partial charge in [-0.3, -0.25) is 0 Å². The summed E-state index contributed by atoms with van der Waals surface area (Å²) in [5.41, 5.74) is 2.74. The van der Waals surface area contributed by atoms with Crippen molar-refractivity contribution in [3.05, 3.63) is 35.4 Å². The average molecular weight is 246 g/mol. The maximum atomic E-state index is 3.69. The van der Waals surface area contributed by atoms with Gasteiger partial charge in [-0.05, 0) is 51.4 Å². The molecule has 1 aliphatic heterocycles. The van der Waals surface area contributed by atoms with E-state index in [2.05, 4.69) is 48.3 Å². The van der Waals surface area contributed by atoms with Crippen molar-refractivity contribution >= 4 is 0 Å². The number of piperidine rings is 1. The standard InChI is InChI=1S/C16H26N2/c1-3-10-18-11-8-16(9-12-18)17-13-15-6-4-14(2)5-7-15/h4-7,16-17H,3,8-13H2,1-2H3. The zero-order chi connectivity index (χ0) is 12.8. The SMILES string of the molecule is CCCN1CCC(NCc2ccc(C)cc2)CC1. The van der Waals surface area contributed by atoms with Crippen LogP contribution < -0.4 is 5.32 Å². The molecule has 0 radical (unpaired) electrons. The lowest BCUT2D eigenvalue weighted by Gasteiger charge is -2.32. The molecule has 18 heavy (non-hydrogen) atoms. The molecule has 1 heterocycles. The highest BCUT2D eigenvalue weighted by molar-refractivity contribution is 5.21. The number of nitrogens with one attached hydrogen (secondary N) is 1. The Hall–Kier alpha value is -0.860. The number of likely N-dealkylation sites (tertiary alicyclic amines) is 1. The first-order valence-corrected chi connectivity index (χ1v) is 7.29. The van der Waals surface area contributed by atoms with Gasteiger partial charge in [0.25, 0.3) is 0 Å². The van der Waals surface area contributed by atoms with Gasteiger partial charge in [-0.15, -0.1) is 0 Å². The highest BCUT2D eigenvalue weighted by Gasteiger charge is 2.17. The minimum absolute atomic E-state index is 0.708. The fourth-order valence-corrected chi connectivity index (χ4v) is 2.65. The van der Waals surface area contributed by atoms with Crippen LogP contribution in [-0.2, 0) is 6.54 Å². The van der Waals surface area contributed by atoms with E-state index in [-0.39, 0.29) is 0 Å². The maximum Gasteiger partial charge on any atom is 0.0208 e. The van der Waals surface area contributed by atoms with Gasteiger partial charge in [0.1, 0.15) is 0 Å². The van der Waals surface area contributed by atoms with Crippen molar-refractivity contribution in [2.45, 2.75) is 45.7 Å². The molecule has 0 unspecified atom stereocenters. The minimum Gasteiger partial charge on any atom is -0.310 e. The molecule has 0 aromatic heterocycles. The molecule has 1 aliphatic rings. The summed E-state index contributed by atoms with van der Waals surface area (Å²) in [4.78, 5) is 2.59. The summed E-state index contributed by atoms with van der Waals surface area (Å²) >= 11 is 0. The normalized spacial score (nSPS) is 18.1. The van der Waals surface area contributed by atoms with E-state index in [4.69, 9.17) is 0 Å². The van der Waals surface area contributed by atoms with E-state index in [1.807, 2.05) is 0 Å². The van der Waals surface area contributed by atoms with E-state index < -0.39 is 0 Å². The molecule has 1 N–H and O–H groups in total. The van der Waals surface area contributed by atoms with E-state index in [1.165, 1.54) is 50.0 Å². The molecule has 2 nitrogen and oxygen atoms in total. The number of nitrogens with zero attached hydrogens (tertiary/aromatic N) is 1. The van der Waals surface area contributed by atoms with Gasteiger partial charge < -0.3 is 10.2 Å². The molecule has 1 saturated heterocycles. The third kappa shape index (κ3) is 4.11. The van der Waals surface area contributed by atoms with Crippen molar-refractivity contribution in [1.82, 2.24) is 10.2 Å². The Labute approximate surface area is 111 Å². The second-order valence-electron chi connectivity index (χ2n) is 5.48. The molecule has 0 atom stereocenters. The summed E-state index contributed by atoms with van der Waals surface area (Å²) in [6.45, 7) is 9.21. The molecular weight excluding hydrogens is 220 g/mol. The fraction of sp³-hybridized carbons (Fsp3) is 0.625. The van der Waals surface area contributed by atoms with Gasteiger partial charge in [0.05, 0.1) is 0 Å². The third-order valence-electron chi connectivity index (χ3n) is 3.84. The van der Waals surface area contributed by atoms with Crippen LogP contribution in [0.2, 0.25) is 0 Å². The zero-order valence-electron chi connectivity index (χ0n) is 11.8.